The summed E-state index contributed by atoms with van der Waals surface area (Å²) in [5.74, 6) is 0.0269. The molecule has 9 heavy (non-hydrogen) atoms. The molecule has 0 spiro atoms. The highest BCUT2D eigenvalue weighted by Gasteiger charge is 1.92. The van der Waals surface area contributed by atoms with Crippen molar-refractivity contribution in [3.63, 3.8) is 0 Å². The van der Waals surface area contributed by atoms with Gasteiger partial charge in [0.1, 0.15) is 0 Å². The highest BCUT2D eigenvalue weighted by atomic mass is 16.1. The molecule has 0 amide bonds. The van der Waals surface area contributed by atoms with Gasteiger partial charge < -0.3 is 0 Å². The minimum absolute atomic E-state index is 0.0269. The lowest BCUT2D eigenvalue weighted by Gasteiger charge is -1.83. The SMILES string of the molecule is C/C=C/C(=O)CCC#N. The van der Waals surface area contributed by atoms with Crippen LogP contribution < -0.4 is 0 Å². The number of allylic oxidation sites excluding steroid dienone is 2. The standard InChI is InChI=1S/C7H9NO/c1-2-4-7(9)5-3-6-8/h2,4H,3,5H2,1H3/b4-2+. The molecule has 0 aromatic heterocycles. The van der Waals surface area contributed by atoms with Gasteiger partial charge in [-0.1, -0.05) is 6.08 Å². The van der Waals surface area contributed by atoms with Crippen LogP contribution in [0.25, 0.3) is 0 Å². The van der Waals surface area contributed by atoms with E-state index >= 15 is 0 Å². The lowest BCUT2D eigenvalue weighted by atomic mass is 10.2. The molecule has 2 nitrogen and oxygen atoms in total. The van der Waals surface area contributed by atoms with Crippen LogP contribution in [0.4, 0.5) is 0 Å². The van der Waals surface area contributed by atoms with Crippen molar-refractivity contribution in [1.82, 2.24) is 0 Å². The summed E-state index contributed by atoms with van der Waals surface area (Å²) < 4.78 is 0. The summed E-state index contributed by atoms with van der Waals surface area (Å²) in [5, 5.41) is 8.06. The minimum atomic E-state index is 0.0269. The van der Waals surface area contributed by atoms with Crippen molar-refractivity contribution in [2.45, 2.75) is 19.8 Å². The number of nitrogens with zero attached hydrogens (tertiary/aromatic N) is 1. The van der Waals surface area contributed by atoms with Gasteiger partial charge >= 0.3 is 0 Å². The third-order valence-electron chi connectivity index (χ3n) is 0.836. The van der Waals surface area contributed by atoms with Gasteiger partial charge in [0.05, 0.1) is 6.07 Å². The van der Waals surface area contributed by atoms with Crippen LogP contribution in [0.15, 0.2) is 12.2 Å². The lowest BCUT2D eigenvalue weighted by Crippen LogP contribution is -1.89. The highest BCUT2D eigenvalue weighted by molar-refractivity contribution is 5.89. The smallest absolute Gasteiger partial charge is 0.156 e. The van der Waals surface area contributed by atoms with E-state index in [2.05, 4.69) is 0 Å². The van der Waals surface area contributed by atoms with E-state index in [4.69, 9.17) is 5.26 Å². The van der Waals surface area contributed by atoms with Crippen molar-refractivity contribution in [3.05, 3.63) is 12.2 Å². The Balaban J connectivity index is 3.42. The first-order valence-corrected chi connectivity index (χ1v) is 2.83. The molecule has 0 atom stereocenters. The Morgan fingerprint density at radius 1 is 1.78 bits per heavy atom. The van der Waals surface area contributed by atoms with Crippen LogP contribution in [0.1, 0.15) is 19.8 Å². The number of carbonyl (C=O) groups is 1. The Bertz CT molecular complexity index is 153. The topological polar surface area (TPSA) is 40.9 Å². The van der Waals surface area contributed by atoms with Crippen molar-refractivity contribution < 1.29 is 4.79 Å². The predicted octanol–water partition coefficient (Wildman–Crippen LogP) is 1.44. The fourth-order valence-corrected chi connectivity index (χ4v) is 0.448. The summed E-state index contributed by atoms with van der Waals surface area (Å²) in [6.07, 6.45) is 3.83. The summed E-state index contributed by atoms with van der Waals surface area (Å²) in [4.78, 5) is 10.6. The Kier molecular flexibility index (Phi) is 4.43. The predicted molar refractivity (Wildman–Crippen MR) is 34.7 cm³/mol. The maximum Gasteiger partial charge on any atom is 0.156 e. The Morgan fingerprint density at radius 3 is 2.89 bits per heavy atom. The van der Waals surface area contributed by atoms with Crippen molar-refractivity contribution in [1.29, 1.82) is 5.26 Å². The number of hydrogen-bond donors (Lipinski definition) is 0. The molecule has 0 unspecified atom stereocenters. The second kappa shape index (κ2) is 5.04. The Hall–Kier alpha value is -1.10. The molecule has 0 radical (unpaired) electrons. The molecule has 0 rings (SSSR count). The zero-order valence-corrected chi connectivity index (χ0v) is 5.42. The van der Waals surface area contributed by atoms with Crippen LogP contribution in [0.2, 0.25) is 0 Å². The molecule has 0 aliphatic rings. The molecule has 0 aromatic carbocycles. The number of nitriles is 1. The van der Waals surface area contributed by atoms with E-state index in [9.17, 15) is 4.79 Å². The maximum atomic E-state index is 10.6. The summed E-state index contributed by atoms with van der Waals surface area (Å²) in [7, 11) is 0. The van der Waals surface area contributed by atoms with Crippen molar-refractivity contribution in [2.24, 2.45) is 0 Å². The molecule has 0 aliphatic heterocycles. The fraction of sp³-hybridized carbons (Fsp3) is 0.429. The summed E-state index contributed by atoms with van der Waals surface area (Å²) in [5.41, 5.74) is 0. The van der Waals surface area contributed by atoms with E-state index in [0.29, 0.717) is 12.8 Å². The average molecular weight is 123 g/mol. The minimum Gasteiger partial charge on any atom is -0.295 e. The summed E-state index contributed by atoms with van der Waals surface area (Å²) in [6, 6.07) is 1.90. The molecular weight excluding hydrogens is 114 g/mol. The van der Waals surface area contributed by atoms with Crippen LogP contribution in [-0.2, 0) is 4.79 Å². The van der Waals surface area contributed by atoms with Gasteiger partial charge in [-0.15, -0.1) is 0 Å². The molecule has 0 aliphatic carbocycles. The van der Waals surface area contributed by atoms with Crippen LogP contribution in [0.3, 0.4) is 0 Å². The van der Waals surface area contributed by atoms with Crippen molar-refractivity contribution in [2.75, 3.05) is 0 Å². The van der Waals surface area contributed by atoms with Crippen LogP contribution in [0, 0.1) is 11.3 Å². The Labute approximate surface area is 54.8 Å². The van der Waals surface area contributed by atoms with E-state index in [-0.39, 0.29) is 5.78 Å². The normalized spacial score (nSPS) is 9.33. The van der Waals surface area contributed by atoms with E-state index < -0.39 is 0 Å². The number of rotatable bonds is 3. The zero-order valence-electron chi connectivity index (χ0n) is 5.42. The molecule has 48 valence electrons. The molecule has 0 N–H and O–H groups in total. The van der Waals surface area contributed by atoms with Crippen LogP contribution in [0.5, 0.6) is 0 Å². The van der Waals surface area contributed by atoms with Crippen LogP contribution in [-0.4, -0.2) is 5.78 Å². The van der Waals surface area contributed by atoms with Crippen molar-refractivity contribution in [3.8, 4) is 6.07 Å². The van der Waals surface area contributed by atoms with Gasteiger partial charge in [-0.3, -0.25) is 4.79 Å². The molecule has 0 heterocycles. The van der Waals surface area contributed by atoms with Gasteiger partial charge in [0, 0.05) is 12.8 Å². The lowest BCUT2D eigenvalue weighted by molar-refractivity contribution is -0.114. The summed E-state index contributed by atoms with van der Waals surface area (Å²) in [6.45, 7) is 1.78. The van der Waals surface area contributed by atoms with Gasteiger partial charge in [0.25, 0.3) is 0 Å². The highest BCUT2D eigenvalue weighted by Crippen LogP contribution is 1.89. The fourth-order valence-electron chi connectivity index (χ4n) is 0.448. The molecule has 0 saturated heterocycles. The maximum absolute atomic E-state index is 10.6. The third-order valence-corrected chi connectivity index (χ3v) is 0.836. The molecule has 0 saturated carbocycles. The second-order valence-electron chi connectivity index (χ2n) is 1.62. The van der Waals surface area contributed by atoms with Crippen LogP contribution >= 0.6 is 0 Å². The van der Waals surface area contributed by atoms with Gasteiger partial charge in [0.2, 0.25) is 0 Å². The number of carbonyl (C=O) groups excluding carboxylic acids is 1. The van der Waals surface area contributed by atoms with Gasteiger partial charge in [-0.25, -0.2) is 0 Å². The third kappa shape index (κ3) is 4.76. The Morgan fingerprint density at radius 2 is 2.44 bits per heavy atom. The van der Waals surface area contributed by atoms with E-state index in [1.807, 2.05) is 6.07 Å². The van der Waals surface area contributed by atoms with Gasteiger partial charge in [-0.05, 0) is 13.0 Å². The number of ketones is 1. The van der Waals surface area contributed by atoms with E-state index in [1.165, 1.54) is 6.08 Å². The molecule has 0 fully saturated rings. The molecule has 0 aromatic rings. The first-order valence-electron chi connectivity index (χ1n) is 2.83. The van der Waals surface area contributed by atoms with E-state index in [0.717, 1.165) is 0 Å². The van der Waals surface area contributed by atoms with Gasteiger partial charge in [-0.2, -0.15) is 5.26 Å². The molecule has 0 bridgehead atoms. The van der Waals surface area contributed by atoms with Gasteiger partial charge in [0.15, 0.2) is 5.78 Å². The van der Waals surface area contributed by atoms with Crippen molar-refractivity contribution >= 4 is 5.78 Å². The average Bonchev–Trinajstić information content (AvgIpc) is 1.85. The zero-order chi connectivity index (χ0) is 7.11. The first kappa shape index (κ1) is 7.90. The quantitative estimate of drug-likeness (QED) is 0.533. The number of hydrogen-bond acceptors (Lipinski definition) is 2. The first-order chi connectivity index (χ1) is 4.31. The summed E-state index contributed by atoms with van der Waals surface area (Å²) >= 11 is 0. The molecular formula is C7H9NO. The molecule has 2 heteroatoms. The second-order valence-corrected chi connectivity index (χ2v) is 1.62. The van der Waals surface area contributed by atoms with E-state index in [1.54, 1.807) is 13.0 Å². The monoisotopic (exact) mass is 123 g/mol. The largest absolute Gasteiger partial charge is 0.295 e.